The van der Waals surface area contributed by atoms with Crippen LogP contribution in [0.5, 0.6) is 11.5 Å². The Bertz CT molecular complexity index is 515. The summed E-state index contributed by atoms with van der Waals surface area (Å²) < 4.78 is 73.7. The number of hydrogen-bond acceptors (Lipinski definition) is 3. The second-order valence-corrected chi connectivity index (χ2v) is 4.96. The SMILES string of the molecule is CC1COc2ccc(C(O)C(F)(F)C(F)(F)F)cc2OC1. The second-order valence-electron chi connectivity index (χ2n) is 4.96. The third-order valence-corrected chi connectivity index (χ3v) is 3.05. The Kier molecular flexibility index (Phi) is 4.01. The summed E-state index contributed by atoms with van der Waals surface area (Å²) in [6.45, 7) is 2.41. The number of fused-ring (bicyclic) bond motifs is 1. The van der Waals surface area contributed by atoms with Gasteiger partial charge in [-0.05, 0) is 17.7 Å². The van der Waals surface area contributed by atoms with Crippen molar-refractivity contribution in [2.75, 3.05) is 13.2 Å². The van der Waals surface area contributed by atoms with E-state index in [1.807, 2.05) is 6.92 Å². The summed E-state index contributed by atoms with van der Waals surface area (Å²) in [6.07, 6.45) is -8.85. The molecule has 0 aliphatic carbocycles. The molecule has 1 aromatic carbocycles. The fourth-order valence-corrected chi connectivity index (χ4v) is 1.80. The molecule has 1 aromatic rings. The van der Waals surface area contributed by atoms with E-state index in [4.69, 9.17) is 9.47 Å². The maximum absolute atomic E-state index is 13.1. The predicted molar refractivity (Wildman–Crippen MR) is 62.6 cm³/mol. The fraction of sp³-hybridized carbons (Fsp3) is 0.538. The number of alkyl halides is 5. The molecule has 0 saturated carbocycles. The van der Waals surface area contributed by atoms with Crippen LogP contribution in [0.15, 0.2) is 18.2 Å². The molecule has 0 fully saturated rings. The predicted octanol–water partition coefficient (Wildman–Crippen LogP) is 3.32. The molecule has 1 heterocycles. The van der Waals surface area contributed by atoms with Gasteiger partial charge in [-0.1, -0.05) is 13.0 Å². The highest BCUT2D eigenvalue weighted by Gasteiger charge is 2.62. The number of hydrogen-bond donors (Lipinski definition) is 1. The summed E-state index contributed by atoms with van der Waals surface area (Å²) in [4.78, 5) is 0. The van der Waals surface area contributed by atoms with Crippen LogP contribution in [0, 0.1) is 5.92 Å². The van der Waals surface area contributed by atoms with Crippen molar-refractivity contribution in [2.24, 2.45) is 5.92 Å². The molecule has 2 unspecified atom stereocenters. The van der Waals surface area contributed by atoms with Gasteiger partial charge in [0.15, 0.2) is 17.6 Å². The third kappa shape index (κ3) is 3.04. The number of aliphatic hydroxyl groups is 1. The molecule has 0 radical (unpaired) electrons. The van der Waals surface area contributed by atoms with Gasteiger partial charge in [-0.25, -0.2) is 0 Å². The van der Waals surface area contributed by atoms with Crippen LogP contribution in [0.4, 0.5) is 22.0 Å². The minimum Gasteiger partial charge on any atom is -0.489 e. The first-order valence-electron chi connectivity index (χ1n) is 6.15. The summed E-state index contributed by atoms with van der Waals surface area (Å²) in [5, 5.41) is 9.34. The van der Waals surface area contributed by atoms with Crippen molar-refractivity contribution in [2.45, 2.75) is 25.1 Å². The maximum atomic E-state index is 13.1. The van der Waals surface area contributed by atoms with Gasteiger partial charge in [-0.2, -0.15) is 22.0 Å². The monoisotopic (exact) mass is 312 g/mol. The minimum absolute atomic E-state index is 0.0360. The van der Waals surface area contributed by atoms with E-state index in [1.54, 1.807) is 0 Å². The number of benzene rings is 1. The van der Waals surface area contributed by atoms with E-state index < -0.39 is 23.8 Å². The Morgan fingerprint density at radius 3 is 2.24 bits per heavy atom. The highest BCUT2D eigenvalue weighted by Crippen LogP contribution is 2.45. The molecule has 3 nitrogen and oxygen atoms in total. The highest BCUT2D eigenvalue weighted by atomic mass is 19.4. The van der Waals surface area contributed by atoms with Gasteiger partial charge in [0.05, 0.1) is 13.2 Å². The average molecular weight is 312 g/mol. The molecule has 0 saturated heterocycles. The Balaban J connectivity index is 2.30. The number of aliphatic hydroxyl groups excluding tert-OH is 1. The molecule has 0 bridgehead atoms. The van der Waals surface area contributed by atoms with Crippen molar-refractivity contribution in [3.8, 4) is 11.5 Å². The summed E-state index contributed by atoms with van der Waals surface area (Å²) in [7, 11) is 0. The van der Waals surface area contributed by atoms with E-state index in [1.165, 1.54) is 6.07 Å². The van der Waals surface area contributed by atoms with E-state index in [2.05, 4.69) is 0 Å². The van der Waals surface area contributed by atoms with Crippen LogP contribution in [-0.2, 0) is 0 Å². The van der Waals surface area contributed by atoms with Crippen molar-refractivity contribution in [1.29, 1.82) is 0 Å². The van der Waals surface area contributed by atoms with Gasteiger partial charge in [-0.3, -0.25) is 0 Å². The van der Waals surface area contributed by atoms with Gasteiger partial charge in [0, 0.05) is 5.92 Å². The lowest BCUT2D eigenvalue weighted by molar-refractivity contribution is -0.315. The molecule has 0 spiro atoms. The quantitative estimate of drug-likeness (QED) is 0.851. The molecular weight excluding hydrogens is 299 g/mol. The highest BCUT2D eigenvalue weighted by molar-refractivity contribution is 5.44. The smallest absolute Gasteiger partial charge is 0.456 e. The maximum Gasteiger partial charge on any atom is 0.456 e. The Morgan fingerprint density at radius 1 is 1.10 bits per heavy atom. The van der Waals surface area contributed by atoms with Crippen molar-refractivity contribution in [3.63, 3.8) is 0 Å². The van der Waals surface area contributed by atoms with Crippen LogP contribution in [0.3, 0.4) is 0 Å². The molecule has 21 heavy (non-hydrogen) atoms. The summed E-state index contributed by atoms with van der Waals surface area (Å²) in [5.74, 6) is -4.93. The van der Waals surface area contributed by atoms with Gasteiger partial charge in [0.2, 0.25) is 0 Å². The van der Waals surface area contributed by atoms with Crippen molar-refractivity contribution < 1.29 is 36.5 Å². The minimum atomic E-state index is -5.84. The normalized spacial score (nSPS) is 20.8. The van der Waals surface area contributed by atoms with Gasteiger partial charge >= 0.3 is 12.1 Å². The van der Waals surface area contributed by atoms with Crippen LogP contribution < -0.4 is 9.47 Å². The largest absolute Gasteiger partial charge is 0.489 e. The van der Waals surface area contributed by atoms with Gasteiger partial charge < -0.3 is 14.6 Å². The lowest BCUT2D eigenvalue weighted by Gasteiger charge is -2.25. The second kappa shape index (κ2) is 5.32. The average Bonchev–Trinajstić information content (AvgIpc) is 2.58. The van der Waals surface area contributed by atoms with Crippen molar-refractivity contribution >= 4 is 0 Å². The topological polar surface area (TPSA) is 38.7 Å². The first-order chi connectivity index (χ1) is 9.63. The Morgan fingerprint density at radius 2 is 1.67 bits per heavy atom. The van der Waals surface area contributed by atoms with Gasteiger partial charge in [-0.15, -0.1) is 0 Å². The standard InChI is InChI=1S/C13H13F5O3/c1-7-5-20-9-3-2-8(4-10(9)21-6-7)11(19)12(14,15)13(16,17)18/h2-4,7,11,19H,5-6H2,1H3. The van der Waals surface area contributed by atoms with E-state index in [0.29, 0.717) is 6.61 Å². The van der Waals surface area contributed by atoms with Gasteiger partial charge in [0.1, 0.15) is 0 Å². The molecule has 1 aliphatic rings. The van der Waals surface area contributed by atoms with Crippen molar-refractivity contribution in [3.05, 3.63) is 23.8 Å². The third-order valence-electron chi connectivity index (χ3n) is 3.05. The van der Waals surface area contributed by atoms with E-state index >= 15 is 0 Å². The molecule has 1 N–H and O–H groups in total. The molecule has 2 atom stereocenters. The number of rotatable bonds is 2. The van der Waals surface area contributed by atoms with E-state index in [0.717, 1.165) is 12.1 Å². The van der Waals surface area contributed by atoms with Crippen molar-refractivity contribution in [1.82, 2.24) is 0 Å². The molecule has 118 valence electrons. The summed E-state index contributed by atoms with van der Waals surface area (Å²) in [5.41, 5.74) is -0.589. The van der Waals surface area contributed by atoms with Crippen LogP contribution >= 0.6 is 0 Å². The fourth-order valence-electron chi connectivity index (χ4n) is 1.80. The molecular formula is C13H13F5O3. The van der Waals surface area contributed by atoms with Crippen LogP contribution in [-0.4, -0.2) is 30.4 Å². The Hall–Kier alpha value is -1.57. The van der Waals surface area contributed by atoms with Crippen LogP contribution in [0.1, 0.15) is 18.6 Å². The number of halogens is 5. The van der Waals surface area contributed by atoms with Crippen LogP contribution in [0.2, 0.25) is 0 Å². The lowest BCUT2D eigenvalue weighted by Crippen LogP contribution is -2.42. The molecule has 0 amide bonds. The van der Waals surface area contributed by atoms with Crippen LogP contribution in [0.25, 0.3) is 0 Å². The van der Waals surface area contributed by atoms with E-state index in [-0.39, 0.29) is 24.0 Å². The molecule has 8 heteroatoms. The molecule has 2 rings (SSSR count). The van der Waals surface area contributed by atoms with E-state index in [9.17, 15) is 27.1 Å². The first-order valence-corrected chi connectivity index (χ1v) is 6.15. The zero-order valence-electron chi connectivity index (χ0n) is 11.0. The molecule has 0 aromatic heterocycles. The van der Waals surface area contributed by atoms with Gasteiger partial charge in [0.25, 0.3) is 0 Å². The summed E-state index contributed by atoms with van der Waals surface area (Å²) >= 11 is 0. The lowest BCUT2D eigenvalue weighted by atomic mass is 10.0. The number of ether oxygens (including phenoxy) is 2. The molecule has 1 aliphatic heterocycles. The summed E-state index contributed by atoms with van der Waals surface area (Å²) in [6, 6.07) is 3.11. The zero-order valence-corrected chi connectivity index (χ0v) is 11.0. The Labute approximate surface area is 117 Å². The zero-order chi connectivity index (χ0) is 15.8. The first kappa shape index (κ1) is 15.8.